The Bertz CT molecular complexity index is 948. The van der Waals surface area contributed by atoms with Gasteiger partial charge in [0.2, 0.25) is 0 Å². The molecule has 28 heavy (non-hydrogen) atoms. The van der Waals surface area contributed by atoms with Gasteiger partial charge in [-0.15, -0.1) is 0 Å². The molecule has 0 unspecified atom stereocenters. The van der Waals surface area contributed by atoms with E-state index >= 15 is 0 Å². The lowest BCUT2D eigenvalue weighted by molar-refractivity contribution is 0.0752. The smallest absolute Gasteiger partial charge is 0.254 e. The lowest BCUT2D eigenvalue weighted by Gasteiger charge is -2.21. The zero-order valence-corrected chi connectivity index (χ0v) is 16.6. The summed E-state index contributed by atoms with van der Waals surface area (Å²) < 4.78 is 5.16. The van der Waals surface area contributed by atoms with Gasteiger partial charge in [-0.2, -0.15) is 0 Å². The van der Waals surface area contributed by atoms with E-state index < -0.39 is 0 Å². The van der Waals surface area contributed by atoms with Gasteiger partial charge in [0.15, 0.2) is 0 Å². The van der Waals surface area contributed by atoms with Crippen LogP contribution in [0.3, 0.4) is 0 Å². The number of amides is 1. The molecule has 0 saturated heterocycles. The number of carbonyl (C=O) groups excluding carboxylic acids is 1. The van der Waals surface area contributed by atoms with Crippen LogP contribution in [0.15, 0.2) is 66.9 Å². The molecular formula is C22H22ClN3O2. The summed E-state index contributed by atoms with van der Waals surface area (Å²) in [5.74, 6) is 1.14. The number of ether oxygens (including phenoxy) is 1. The Morgan fingerprint density at radius 1 is 1.14 bits per heavy atom. The van der Waals surface area contributed by atoms with Gasteiger partial charge < -0.3 is 15.0 Å². The number of nitrogens with one attached hydrogen (secondary N) is 1. The molecule has 0 fully saturated rings. The van der Waals surface area contributed by atoms with Gasteiger partial charge in [-0.25, -0.2) is 4.98 Å². The van der Waals surface area contributed by atoms with Crippen molar-refractivity contribution in [3.05, 3.63) is 83.0 Å². The van der Waals surface area contributed by atoms with Crippen LogP contribution in [-0.4, -0.2) is 29.4 Å². The highest BCUT2D eigenvalue weighted by molar-refractivity contribution is 6.32. The number of anilines is 2. The average Bonchev–Trinajstić information content (AvgIpc) is 2.72. The summed E-state index contributed by atoms with van der Waals surface area (Å²) in [7, 11) is 1.57. The third-order valence-electron chi connectivity index (χ3n) is 4.32. The number of pyridine rings is 1. The zero-order valence-electron chi connectivity index (χ0n) is 15.9. The number of methoxy groups -OCH3 is 1. The Hall–Kier alpha value is -3.05. The maximum absolute atomic E-state index is 13.0. The minimum Gasteiger partial charge on any atom is -0.495 e. The topological polar surface area (TPSA) is 54.5 Å². The molecule has 6 heteroatoms. The van der Waals surface area contributed by atoms with Crippen LogP contribution < -0.4 is 10.1 Å². The summed E-state index contributed by atoms with van der Waals surface area (Å²) in [5, 5.41) is 3.68. The predicted octanol–water partition coefficient (Wildman–Crippen LogP) is 5.15. The second-order valence-electron chi connectivity index (χ2n) is 6.21. The van der Waals surface area contributed by atoms with Gasteiger partial charge in [0, 0.05) is 30.5 Å². The van der Waals surface area contributed by atoms with Crippen molar-refractivity contribution in [1.82, 2.24) is 9.88 Å². The first kappa shape index (κ1) is 19.7. The first-order valence-electron chi connectivity index (χ1n) is 9.00. The van der Waals surface area contributed by atoms with Gasteiger partial charge in [0.05, 0.1) is 12.1 Å². The van der Waals surface area contributed by atoms with E-state index in [1.807, 2.05) is 43.3 Å². The van der Waals surface area contributed by atoms with E-state index in [0.717, 1.165) is 11.3 Å². The van der Waals surface area contributed by atoms with Gasteiger partial charge in [0.1, 0.15) is 11.6 Å². The van der Waals surface area contributed by atoms with Gasteiger partial charge in [-0.05, 0) is 42.8 Å². The van der Waals surface area contributed by atoms with E-state index in [0.29, 0.717) is 35.2 Å². The average molecular weight is 396 g/mol. The fourth-order valence-electron chi connectivity index (χ4n) is 2.84. The van der Waals surface area contributed by atoms with Crippen molar-refractivity contribution in [2.45, 2.75) is 13.5 Å². The van der Waals surface area contributed by atoms with E-state index in [1.54, 1.807) is 42.5 Å². The molecule has 1 heterocycles. The summed E-state index contributed by atoms with van der Waals surface area (Å²) in [6, 6.07) is 18.8. The van der Waals surface area contributed by atoms with E-state index in [4.69, 9.17) is 16.3 Å². The molecule has 0 aliphatic rings. The summed E-state index contributed by atoms with van der Waals surface area (Å²) in [6.07, 6.45) is 1.62. The van der Waals surface area contributed by atoms with Crippen LogP contribution in [0, 0.1) is 0 Å². The standard InChI is InChI=1S/C22H22ClN3O2/c1-3-26(15-16-7-5-4-6-8-16)22(27)17-11-12-24-21(13-17)25-18-9-10-20(28-2)19(23)14-18/h4-14H,3,15H2,1-2H3,(H,24,25). The molecule has 3 aromatic rings. The highest BCUT2D eigenvalue weighted by atomic mass is 35.5. The fraction of sp³-hybridized carbons (Fsp3) is 0.182. The van der Waals surface area contributed by atoms with E-state index in [9.17, 15) is 4.79 Å². The van der Waals surface area contributed by atoms with Gasteiger partial charge in [0.25, 0.3) is 5.91 Å². The maximum atomic E-state index is 13.0. The van der Waals surface area contributed by atoms with Crippen LogP contribution in [0.2, 0.25) is 5.02 Å². The second kappa shape index (κ2) is 9.24. The molecular weight excluding hydrogens is 374 g/mol. The molecule has 0 radical (unpaired) electrons. The summed E-state index contributed by atoms with van der Waals surface area (Å²) in [6.45, 7) is 3.16. The van der Waals surface area contributed by atoms with Crippen LogP contribution in [-0.2, 0) is 6.54 Å². The first-order valence-corrected chi connectivity index (χ1v) is 9.38. The molecule has 0 saturated carbocycles. The van der Waals surface area contributed by atoms with Crippen molar-refractivity contribution in [2.75, 3.05) is 19.0 Å². The molecule has 0 bridgehead atoms. The van der Waals surface area contributed by atoms with Crippen LogP contribution in [0.4, 0.5) is 11.5 Å². The Morgan fingerprint density at radius 2 is 1.93 bits per heavy atom. The number of hydrogen-bond donors (Lipinski definition) is 1. The Balaban J connectivity index is 1.76. The molecule has 1 amide bonds. The molecule has 144 valence electrons. The van der Waals surface area contributed by atoms with E-state index in [1.165, 1.54) is 0 Å². The zero-order chi connectivity index (χ0) is 19.9. The lowest BCUT2D eigenvalue weighted by atomic mass is 10.1. The molecule has 1 aromatic heterocycles. The minimum absolute atomic E-state index is 0.0374. The normalized spacial score (nSPS) is 10.4. The third kappa shape index (κ3) is 4.81. The van der Waals surface area contributed by atoms with Gasteiger partial charge >= 0.3 is 0 Å². The maximum Gasteiger partial charge on any atom is 0.254 e. The monoisotopic (exact) mass is 395 g/mol. The van der Waals surface area contributed by atoms with E-state index in [-0.39, 0.29) is 5.91 Å². The first-order chi connectivity index (χ1) is 13.6. The highest BCUT2D eigenvalue weighted by Gasteiger charge is 2.15. The quantitative estimate of drug-likeness (QED) is 0.601. The van der Waals surface area contributed by atoms with Crippen molar-refractivity contribution in [2.24, 2.45) is 0 Å². The van der Waals surface area contributed by atoms with Crippen molar-refractivity contribution >= 4 is 29.0 Å². The number of nitrogens with zero attached hydrogens (tertiary/aromatic N) is 2. The molecule has 3 rings (SSSR count). The fourth-order valence-corrected chi connectivity index (χ4v) is 3.10. The number of carbonyl (C=O) groups is 1. The number of halogens is 1. The van der Waals surface area contributed by atoms with Crippen LogP contribution >= 0.6 is 11.6 Å². The van der Waals surface area contributed by atoms with Gasteiger partial charge in [-0.3, -0.25) is 4.79 Å². The number of hydrogen-bond acceptors (Lipinski definition) is 4. The van der Waals surface area contributed by atoms with Crippen molar-refractivity contribution in [3.63, 3.8) is 0 Å². The largest absolute Gasteiger partial charge is 0.495 e. The number of benzene rings is 2. The predicted molar refractivity (Wildman–Crippen MR) is 112 cm³/mol. The molecule has 5 nitrogen and oxygen atoms in total. The summed E-state index contributed by atoms with van der Waals surface area (Å²) in [4.78, 5) is 19.1. The van der Waals surface area contributed by atoms with Crippen LogP contribution in [0.5, 0.6) is 5.75 Å². The highest BCUT2D eigenvalue weighted by Crippen LogP contribution is 2.28. The van der Waals surface area contributed by atoms with E-state index in [2.05, 4.69) is 10.3 Å². The molecule has 0 aliphatic carbocycles. The number of rotatable bonds is 7. The van der Waals surface area contributed by atoms with Crippen molar-refractivity contribution < 1.29 is 9.53 Å². The Kier molecular flexibility index (Phi) is 6.50. The summed E-state index contributed by atoms with van der Waals surface area (Å²) >= 11 is 6.17. The Morgan fingerprint density at radius 3 is 2.61 bits per heavy atom. The number of aromatic nitrogens is 1. The minimum atomic E-state index is -0.0374. The molecule has 0 atom stereocenters. The third-order valence-corrected chi connectivity index (χ3v) is 4.61. The van der Waals surface area contributed by atoms with Crippen LogP contribution in [0.1, 0.15) is 22.8 Å². The van der Waals surface area contributed by atoms with Gasteiger partial charge in [-0.1, -0.05) is 41.9 Å². The van der Waals surface area contributed by atoms with Crippen LogP contribution in [0.25, 0.3) is 0 Å². The SMILES string of the molecule is CCN(Cc1ccccc1)C(=O)c1ccnc(Nc2ccc(OC)c(Cl)c2)c1. The lowest BCUT2D eigenvalue weighted by Crippen LogP contribution is -2.30. The van der Waals surface area contributed by atoms with Crippen molar-refractivity contribution in [1.29, 1.82) is 0 Å². The second-order valence-corrected chi connectivity index (χ2v) is 6.62. The molecule has 1 N–H and O–H groups in total. The molecule has 0 spiro atoms. The molecule has 0 aliphatic heterocycles. The Labute approximate surface area is 169 Å². The summed E-state index contributed by atoms with van der Waals surface area (Å²) in [5.41, 5.74) is 2.44. The van der Waals surface area contributed by atoms with Crippen molar-refractivity contribution in [3.8, 4) is 5.75 Å². The molecule has 2 aromatic carbocycles.